The zero-order chi connectivity index (χ0) is 35.0. The molecule has 2 aliphatic rings. The Morgan fingerprint density at radius 2 is 1.64 bits per heavy atom. The van der Waals surface area contributed by atoms with Crippen molar-refractivity contribution in [1.29, 1.82) is 0 Å². The van der Waals surface area contributed by atoms with Gasteiger partial charge in [-0.15, -0.1) is 0 Å². The third-order valence-corrected chi connectivity index (χ3v) is 7.65. The third-order valence-electron chi connectivity index (χ3n) is 7.65. The molecule has 1 aromatic rings. The summed E-state index contributed by atoms with van der Waals surface area (Å²) in [6.07, 6.45) is -2.62. The third kappa shape index (κ3) is 10.2. The molecule has 0 radical (unpaired) electrons. The van der Waals surface area contributed by atoms with E-state index in [9.17, 15) is 48.9 Å². The summed E-state index contributed by atoms with van der Waals surface area (Å²) in [6.45, 7) is 5.36. The van der Waals surface area contributed by atoms with Crippen LogP contribution in [-0.2, 0) is 56.1 Å². The largest absolute Gasteiger partial charge is 0.479 e. The number of imide groups is 1. The summed E-state index contributed by atoms with van der Waals surface area (Å²) in [4.78, 5) is 85.7. The predicted molar refractivity (Wildman–Crippen MR) is 162 cm³/mol. The molecule has 5 amide bonds. The minimum Gasteiger partial charge on any atom is -0.479 e. The Labute approximate surface area is 270 Å². The lowest BCUT2D eigenvalue weighted by atomic mass is 9.93. The van der Waals surface area contributed by atoms with E-state index >= 15 is 0 Å². The number of amides is 5. The van der Waals surface area contributed by atoms with Crippen molar-refractivity contribution in [3.05, 3.63) is 41.5 Å². The summed E-state index contributed by atoms with van der Waals surface area (Å²) >= 11 is 0. The number of carboxylic acids is 1. The molecule has 256 valence electrons. The number of aliphatic hydroxyl groups excluding tert-OH is 2. The number of hydrogen-bond donors (Lipinski definition) is 6. The first-order chi connectivity index (χ1) is 22.1. The Kier molecular flexibility index (Phi) is 12.7. The van der Waals surface area contributed by atoms with E-state index in [-0.39, 0.29) is 25.9 Å². The Morgan fingerprint density at radius 3 is 2.23 bits per heavy atom. The SMILES string of the molecule is CC(=O)OCc1ccc(NC(=O)[C@H](C)NC(=O)[C@@H](NC(=O)CN2C(=O)C=CC2=O)C(C)C)cc1CC[C@@H]1O[C@H](C(=O)O)[C@@H](O)C[C@H]1O. The fourth-order valence-corrected chi connectivity index (χ4v) is 5.03. The summed E-state index contributed by atoms with van der Waals surface area (Å²) in [6, 6.07) is 2.64. The molecule has 1 aromatic carbocycles. The quantitative estimate of drug-likeness (QED) is 0.106. The topological polar surface area (TPSA) is 238 Å². The Hall–Kier alpha value is -4.67. The van der Waals surface area contributed by atoms with Gasteiger partial charge in [-0.25, -0.2) is 4.79 Å². The van der Waals surface area contributed by atoms with Crippen LogP contribution < -0.4 is 16.0 Å². The number of aryl methyl sites for hydroxylation is 1. The van der Waals surface area contributed by atoms with Gasteiger partial charge in [-0.1, -0.05) is 19.9 Å². The molecule has 0 aromatic heterocycles. The van der Waals surface area contributed by atoms with Crippen LogP contribution in [0.25, 0.3) is 0 Å². The number of carboxylic acid groups (broad SMARTS) is 1. The monoisotopic (exact) mass is 660 g/mol. The number of aliphatic hydroxyl groups is 2. The second-order valence-corrected chi connectivity index (χ2v) is 11.7. The first kappa shape index (κ1) is 36.8. The molecule has 16 nitrogen and oxygen atoms in total. The second-order valence-electron chi connectivity index (χ2n) is 11.7. The number of nitrogens with zero attached hydrogens (tertiary/aromatic N) is 1. The number of aliphatic carboxylic acids is 1. The molecule has 0 aliphatic carbocycles. The van der Waals surface area contributed by atoms with Crippen LogP contribution in [0.15, 0.2) is 30.4 Å². The van der Waals surface area contributed by atoms with Crippen molar-refractivity contribution < 1.29 is 58.4 Å². The lowest BCUT2D eigenvalue weighted by Crippen LogP contribution is -2.55. The minimum absolute atomic E-state index is 0.0885. The molecular formula is C31H40N4O12. The molecule has 0 saturated carbocycles. The van der Waals surface area contributed by atoms with E-state index in [0.29, 0.717) is 16.8 Å². The lowest BCUT2D eigenvalue weighted by Gasteiger charge is -2.35. The highest BCUT2D eigenvalue weighted by molar-refractivity contribution is 6.14. The van der Waals surface area contributed by atoms with Gasteiger partial charge in [0.1, 0.15) is 25.2 Å². The number of ether oxygens (including phenoxy) is 2. The summed E-state index contributed by atoms with van der Waals surface area (Å²) in [5, 5.41) is 37.4. The van der Waals surface area contributed by atoms with Gasteiger partial charge >= 0.3 is 11.9 Å². The summed E-state index contributed by atoms with van der Waals surface area (Å²) in [7, 11) is 0. The number of carbonyl (C=O) groups is 7. The fourth-order valence-electron chi connectivity index (χ4n) is 5.03. The molecule has 1 fully saturated rings. The molecule has 3 rings (SSSR count). The predicted octanol–water partition coefficient (Wildman–Crippen LogP) is -0.845. The lowest BCUT2D eigenvalue weighted by molar-refractivity contribution is -0.193. The highest BCUT2D eigenvalue weighted by atomic mass is 16.5. The molecule has 16 heteroatoms. The molecular weight excluding hydrogens is 620 g/mol. The smallest absolute Gasteiger partial charge is 0.335 e. The average molecular weight is 661 g/mol. The Bertz CT molecular complexity index is 1410. The van der Waals surface area contributed by atoms with Crippen molar-refractivity contribution in [2.24, 2.45) is 5.92 Å². The van der Waals surface area contributed by atoms with Crippen LogP contribution in [0.2, 0.25) is 0 Å². The molecule has 2 heterocycles. The number of carbonyl (C=O) groups excluding carboxylic acids is 6. The van der Waals surface area contributed by atoms with Crippen molar-refractivity contribution >= 4 is 47.2 Å². The van der Waals surface area contributed by atoms with Crippen LogP contribution in [0, 0.1) is 5.92 Å². The molecule has 6 atom stereocenters. The van der Waals surface area contributed by atoms with Crippen LogP contribution in [0.3, 0.4) is 0 Å². The van der Waals surface area contributed by atoms with E-state index in [4.69, 9.17) is 9.47 Å². The average Bonchev–Trinajstić information content (AvgIpc) is 3.30. The van der Waals surface area contributed by atoms with Crippen LogP contribution in [0.1, 0.15) is 51.7 Å². The minimum atomic E-state index is -1.49. The number of nitrogens with one attached hydrogen (secondary N) is 3. The van der Waals surface area contributed by atoms with Crippen LogP contribution >= 0.6 is 0 Å². The standard InChI is InChI=1S/C31H40N4O12/c1-15(2)27(34-24(39)13-35-25(40)9-10-26(35)41)30(43)32-16(3)29(42)33-20-7-5-19(14-46-17(4)36)18(11-20)6-8-23-21(37)12-22(38)28(47-23)31(44)45/h5,7,9-11,15-16,21-23,27-28,37-38H,6,8,12-14H2,1-4H3,(H,32,43)(H,33,42)(H,34,39)(H,44,45)/t16-,21+,22-,23-,27-,28-/m0/s1. The first-order valence-electron chi connectivity index (χ1n) is 15.0. The van der Waals surface area contributed by atoms with Gasteiger partial charge in [0.25, 0.3) is 11.8 Å². The van der Waals surface area contributed by atoms with Crippen molar-refractivity contribution in [2.75, 3.05) is 11.9 Å². The van der Waals surface area contributed by atoms with E-state index < -0.39 is 90.4 Å². The number of benzene rings is 1. The van der Waals surface area contributed by atoms with Gasteiger partial charge in [-0.3, -0.25) is 33.7 Å². The van der Waals surface area contributed by atoms with Crippen LogP contribution in [-0.4, -0.2) is 105 Å². The summed E-state index contributed by atoms with van der Waals surface area (Å²) < 4.78 is 10.6. The number of esters is 1. The van der Waals surface area contributed by atoms with Crippen molar-refractivity contribution in [3.63, 3.8) is 0 Å². The maximum absolute atomic E-state index is 13.1. The Balaban J connectivity index is 1.65. The maximum Gasteiger partial charge on any atom is 0.335 e. The van der Waals surface area contributed by atoms with Crippen molar-refractivity contribution in [3.8, 4) is 0 Å². The number of hydrogen-bond acceptors (Lipinski definition) is 11. The Morgan fingerprint density at radius 1 is 0.979 bits per heavy atom. The van der Waals surface area contributed by atoms with Gasteiger partial charge in [0, 0.05) is 31.2 Å². The molecule has 1 saturated heterocycles. The second kappa shape index (κ2) is 16.2. The van der Waals surface area contributed by atoms with E-state index in [2.05, 4.69) is 16.0 Å². The number of anilines is 1. The van der Waals surface area contributed by atoms with Crippen molar-refractivity contribution in [1.82, 2.24) is 15.5 Å². The van der Waals surface area contributed by atoms with Crippen LogP contribution in [0.4, 0.5) is 5.69 Å². The molecule has 0 spiro atoms. The molecule has 6 N–H and O–H groups in total. The highest BCUT2D eigenvalue weighted by Crippen LogP contribution is 2.26. The normalized spacial score (nSPS) is 22.1. The van der Waals surface area contributed by atoms with E-state index in [1.807, 2.05) is 0 Å². The van der Waals surface area contributed by atoms with Gasteiger partial charge in [0.15, 0.2) is 6.10 Å². The summed E-state index contributed by atoms with van der Waals surface area (Å²) in [5.74, 6) is -5.58. The zero-order valence-electron chi connectivity index (χ0n) is 26.4. The molecule has 0 unspecified atom stereocenters. The molecule has 2 aliphatic heterocycles. The first-order valence-corrected chi connectivity index (χ1v) is 15.0. The maximum atomic E-state index is 13.1. The highest BCUT2D eigenvalue weighted by Gasteiger charge is 2.40. The van der Waals surface area contributed by atoms with E-state index in [1.165, 1.54) is 13.8 Å². The van der Waals surface area contributed by atoms with Gasteiger partial charge in [-0.05, 0) is 48.9 Å². The van der Waals surface area contributed by atoms with Gasteiger partial charge in [-0.2, -0.15) is 0 Å². The van der Waals surface area contributed by atoms with Gasteiger partial charge < -0.3 is 40.7 Å². The summed E-state index contributed by atoms with van der Waals surface area (Å²) in [5.41, 5.74) is 1.51. The van der Waals surface area contributed by atoms with E-state index in [1.54, 1.807) is 32.0 Å². The molecule has 47 heavy (non-hydrogen) atoms. The number of rotatable bonds is 14. The van der Waals surface area contributed by atoms with Gasteiger partial charge in [0.05, 0.1) is 18.3 Å². The molecule has 0 bridgehead atoms. The van der Waals surface area contributed by atoms with E-state index in [0.717, 1.165) is 17.1 Å². The zero-order valence-corrected chi connectivity index (χ0v) is 26.4. The van der Waals surface area contributed by atoms with Crippen molar-refractivity contribution in [2.45, 2.75) is 90.1 Å². The fraction of sp³-hybridized carbons (Fsp3) is 0.516. The van der Waals surface area contributed by atoms with Crippen LogP contribution in [0.5, 0.6) is 0 Å². The van der Waals surface area contributed by atoms with Gasteiger partial charge in [0.2, 0.25) is 17.7 Å².